The van der Waals surface area contributed by atoms with Crippen LogP contribution in [0.1, 0.15) is 28.4 Å². The molecule has 0 saturated heterocycles. The lowest BCUT2D eigenvalue weighted by molar-refractivity contribution is -0.114. The lowest BCUT2D eigenvalue weighted by Crippen LogP contribution is -2.22. The highest BCUT2D eigenvalue weighted by Crippen LogP contribution is 2.30. The molecule has 2 heterocycles. The van der Waals surface area contributed by atoms with Gasteiger partial charge in [0.15, 0.2) is 5.65 Å². The summed E-state index contributed by atoms with van der Waals surface area (Å²) < 4.78 is 2.53. The Morgan fingerprint density at radius 3 is 2.33 bits per heavy atom. The highest BCUT2D eigenvalue weighted by atomic mass is 79.9. The summed E-state index contributed by atoms with van der Waals surface area (Å²) in [4.78, 5) is 28.4. The first kappa shape index (κ1) is 26.4. The van der Waals surface area contributed by atoms with Crippen molar-refractivity contribution < 1.29 is 9.59 Å². The molecule has 0 saturated carbocycles. The summed E-state index contributed by atoms with van der Waals surface area (Å²) in [6.07, 6.45) is 1.71. The molecule has 0 aliphatic carbocycles. The predicted octanol–water partition coefficient (Wildman–Crippen LogP) is 6.31. The van der Waals surface area contributed by atoms with Gasteiger partial charge in [-0.15, -0.1) is 0 Å². The van der Waals surface area contributed by atoms with E-state index in [0.717, 1.165) is 32.7 Å². The molecule has 39 heavy (non-hydrogen) atoms. The van der Waals surface area contributed by atoms with Gasteiger partial charge >= 0.3 is 0 Å². The zero-order chi connectivity index (χ0) is 27.4. The Kier molecular flexibility index (Phi) is 7.90. The van der Waals surface area contributed by atoms with E-state index in [1.54, 1.807) is 35.0 Å². The second kappa shape index (κ2) is 11.7. The minimum atomic E-state index is -0.184. The number of hydrogen-bond donors (Lipinski definition) is 3. The normalized spacial score (nSPS) is 10.8. The molecule has 5 rings (SSSR count). The number of benzene rings is 3. The van der Waals surface area contributed by atoms with E-state index < -0.39 is 0 Å². The van der Waals surface area contributed by atoms with Crippen LogP contribution in [-0.4, -0.2) is 26.4 Å². The van der Waals surface area contributed by atoms with Gasteiger partial charge in [0, 0.05) is 47.9 Å². The summed E-state index contributed by atoms with van der Waals surface area (Å²) in [5.74, 6) is 0.439. The van der Waals surface area contributed by atoms with Crippen molar-refractivity contribution in [2.24, 2.45) is 0 Å². The van der Waals surface area contributed by atoms with Crippen molar-refractivity contribution in [3.8, 4) is 11.3 Å². The average molecular weight is 604 g/mol. The van der Waals surface area contributed by atoms with Gasteiger partial charge < -0.3 is 16.0 Å². The third kappa shape index (κ3) is 6.27. The Balaban J connectivity index is 1.23. The Labute approximate surface area is 238 Å². The Morgan fingerprint density at radius 2 is 1.64 bits per heavy atom. The minimum Gasteiger partial charge on any atom is -0.366 e. The zero-order valence-electron chi connectivity index (χ0n) is 20.9. The van der Waals surface area contributed by atoms with Crippen molar-refractivity contribution in [1.82, 2.24) is 19.9 Å². The number of carbonyl (C=O) groups is 2. The first-order valence-corrected chi connectivity index (χ1v) is 13.3. The smallest absolute Gasteiger partial charge is 0.251 e. The number of fused-ring (bicyclic) bond motifs is 1. The maximum Gasteiger partial charge on any atom is 0.251 e. The second-order valence-corrected chi connectivity index (χ2v) is 10.1. The van der Waals surface area contributed by atoms with Crippen molar-refractivity contribution in [3.05, 3.63) is 111 Å². The highest BCUT2D eigenvalue weighted by molar-refractivity contribution is 9.10. The summed E-state index contributed by atoms with van der Waals surface area (Å²) in [7, 11) is 0. The maximum absolute atomic E-state index is 12.5. The molecule has 0 atom stereocenters. The molecule has 196 valence electrons. The molecule has 8 nitrogen and oxygen atoms in total. The van der Waals surface area contributed by atoms with E-state index in [1.807, 2.05) is 54.6 Å². The summed E-state index contributed by atoms with van der Waals surface area (Å²) in [6.45, 7) is 2.40. The quantitative estimate of drug-likeness (QED) is 0.193. The number of aromatic nitrogens is 3. The summed E-state index contributed by atoms with van der Waals surface area (Å²) in [5.41, 5.74) is 5.48. The van der Waals surface area contributed by atoms with Gasteiger partial charge in [-0.25, -0.2) is 4.98 Å². The van der Waals surface area contributed by atoms with Crippen molar-refractivity contribution in [1.29, 1.82) is 0 Å². The van der Waals surface area contributed by atoms with Crippen molar-refractivity contribution in [2.45, 2.75) is 20.0 Å². The van der Waals surface area contributed by atoms with E-state index in [0.29, 0.717) is 35.0 Å². The molecule has 10 heteroatoms. The molecule has 0 fully saturated rings. The van der Waals surface area contributed by atoms with Crippen LogP contribution in [0.15, 0.2) is 89.5 Å². The number of nitrogens with zero attached hydrogens (tertiary/aromatic N) is 3. The fourth-order valence-electron chi connectivity index (χ4n) is 4.03. The highest BCUT2D eigenvalue weighted by Gasteiger charge is 2.13. The van der Waals surface area contributed by atoms with E-state index in [4.69, 9.17) is 16.6 Å². The standard InChI is InChI=1S/C29H24BrClN6O2/c1-18(38)35-22-12-10-21(11-13-22)29(39)33-16-20-8-6-19(7-9-20)15-32-27-14-26(23-4-2-3-5-25(23)31)36-28-24(30)17-34-37(27)28/h2-14,17,32H,15-16H2,1H3,(H,33,39)(H,35,38). The monoisotopic (exact) mass is 602 g/mol. The summed E-state index contributed by atoms with van der Waals surface area (Å²) in [6, 6.07) is 24.3. The number of amides is 2. The first-order valence-electron chi connectivity index (χ1n) is 12.1. The lowest BCUT2D eigenvalue weighted by atomic mass is 10.1. The van der Waals surface area contributed by atoms with Crippen molar-refractivity contribution in [2.75, 3.05) is 10.6 Å². The van der Waals surface area contributed by atoms with Gasteiger partial charge in [-0.2, -0.15) is 9.61 Å². The van der Waals surface area contributed by atoms with E-state index in [-0.39, 0.29) is 11.8 Å². The average Bonchev–Trinajstić information content (AvgIpc) is 3.32. The van der Waals surface area contributed by atoms with Crippen LogP contribution in [0, 0.1) is 0 Å². The molecule has 2 amide bonds. The molecule has 5 aromatic rings. The van der Waals surface area contributed by atoms with Crippen LogP contribution >= 0.6 is 27.5 Å². The van der Waals surface area contributed by atoms with Crippen LogP contribution in [0.2, 0.25) is 5.02 Å². The fourth-order valence-corrected chi connectivity index (χ4v) is 4.61. The van der Waals surface area contributed by atoms with E-state index in [9.17, 15) is 9.59 Å². The van der Waals surface area contributed by atoms with Gasteiger partial charge in [-0.3, -0.25) is 9.59 Å². The molecule has 0 unspecified atom stereocenters. The van der Waals surface area contributed by atoms with Gasteiger partial charge in [0.25, 0.3) is 5.91 Å². The molecule has 0 aliphatic heterocycles. The summed E-state index contributed by atoms with van der Waals surface area (Å²) in [5, 5.41) is 14.1. The predicted molar refractivity (Wildman–Crippen MR) is 157 cm³/mol. The number of halogens is 2. The topological polar surface area (TPSA) is 100 Å². The number of carbonyl (C=O) groups excluding carboxylic acids is 2. The molecular formula is C29H24BrClN6O2. The second-order valence-electron chi connectivity index (χ2n) is 8.85. The first-order chi connectivity index (χ1) is 18.9. The molecule has 0 bridgehead atoms. The lowest BCUT2D eigenvalue weighted by Gasteiger charge is -2.12. The van der Waals surface area contributed by atoms with Crippen molar-refractivity contribution >= 4 is 56.5 Å². The van der Waals surface area contributed by atoms with Crippen LogP contribution in [0.3, 0.4) is 0 Å². The molecule has 0 radical (unpaired) electrons. The van der Waals surface area contributed by atoms with Gasteiger partial charge in [0.1, 0.15) is 5.82 Å². The molecule has 2 aromatic heterocycles. The summed E-state index contributed by atoms with van der Waals surface area (Å²) >= 11 is 9.96. The molecule has 3 aromatic carbocycles. The van der Waals surface area contributed by atoms with Gasteiger partial charge in [-0.05, 0) is 57.4 Å². The number of rotatable bonds is 8. The van der Waals surface area contributed by atoms with Gasteiger partial charge in [0.05, 0.1) is 16.4 Å². The van der Waals surface area contributed by atoms with Crippen LogP contribution in [0.25, 0.3) is 16.9 Å². The third-order valence-electron chi connectivity index (χ3n) is 6.00. The third-order valence-corrected chi connectivity index (χ3v) is 6.88. The molecular weight excluding hydrogens is 580 g/mol. The largest absolute Gasteiger partial charge is 0.366 e. The Hall–Kier alpha value is -4.21. The van der Waals surface area contributed by atoms with Crippen LogP contribution < -0.4 is 16.0 Å². The van der Waals surface area contributed by atoms with E-state index >= 15 is 0 Å². The minimum absolute atomic E-state index is 0.156. The molecule has 0 spiro atoms. The van der Waals surface area contributed by atoms with E-state index in [2.05, 4.69) is 37.0 Å². The molecule has 3 N–H and O–H groups in total. The van der Waals surface area contributed by atoms with Crippen molar-refractivity contribution in [3.63, 3.8) is 0 Å². The SMILES string of the molecule is CC(=O)Nc1ccc(C(=O)NCc2ccc(CNc3cc(-c4ccccc4Cl)nc4c(Br)cnn34)cc2)cc1. The van der Waals surface area contributed by atoms with Gasteiger partial charge in [-0.1, -0.05) is 54.1 Å². The Bertz CT molecular complexity index is 1650. The number of anilines is 2. The van der Waals surface area contributed by atoms with Crippen LogP contribution in [0.4, 0.5) is 11.5 Å². The van der Waals surface area contributed by atoms with Gasteiger partial charge in [0.2, 0.25) is 5.91 Å². The number of hydrogen-bond acceptors (Lipinski definition) is 5. The van der Waals surface area contributed by atoms with Crippen LogP contribution in [-0.2, 0) is 17.9 Å². The molecule has 0 aliphatic rings. The fraction of sp³-hybridized carbons (Fsp3) is 0.103. The maximum atomic E-state index is 12.5. The Morgan fingerprint density at radius 1 is 0.949 bits per heavy atom. The van der Waals surface area contributed by atoms with Crippen LogP contribution in [0.5, 0.6) is 0 Å². The van der Waals surface area contributed by atoms with E-state index in [1.165, 1.54) is 6.92 Å². The zero-order valence-corrected chi connectivity index (χ0v) is 23.3. The number of nitrogens with one attached hydrogen (secondary N) is 3.